The van der Waals surface area contributed by atoms with Gasteiger partial charge in [0.2, 0.25) is 5.91 Å². The van der Waals surface area contributed by atoms with Crippen molar-refractivity contribution in [2.75, 3.05) is 24.6 Å². The van der Waals surface area contributed by atoms with Gasteiger partial charge in [-0.25, -0.2) is 0 Å². The summed E-state index contributed by atoms with van der Waals surface area (Å²) in [7, 11) is 0. The van der Waals surface area contributed by atoms with Crippen LogP contribution in [0.4, 0.5) is 11.4 Å². The smallest absolute Gasteiger partial charge is 0.248 e. The van der Waals surface area contributed by atoms with Crippen molar-refractivity contribution in [1.29, 1.82) is 0 Å². The molecule has 1 amide bonds. The van der Waals surface area contributed by atoms with E-state index in [0.29, 0.717) is 40.7 Å². The molecule has 0 aliphatic heterocycles. The van der Waals surface area contributed by atoms with E-state index in [1.807, 2.05) is 24.3 Å². The van der Waals surface area contributed by atoms with Gasteiger partial charge in [0.05, 0.1) is 11.4 Å². The molecule has 0 fully saturated rings. The van der Waals surface area contributed by atoms with Crippen LogP contribution in [0.5, 0.6) is 17.2 Å². The van der Waals surface area contributed by atoms with Gasteiger partial charge in [0.1, 0.15) is 30.0 Å². The molecule has 0 aromatic heterocycles. The standard InChI is InChI=1S/C27H34N4O4/c1-27(2,31-16-20(32)17-34-24-5-3-4-23(28)25(24)29)15-14-18-6-10-21(11-7-18)35-22-12-8-19(9-13-22)26(30)33/h3-13,20,31-32H,14-17,28-29H2,1-2H3,(H2,30,33)/t20-/m0/s1. The minimum absolute atomic E-state index is 0.115. The minimum Gasteiger partial charge on any atom is -0.489 e. The Labute approximate surface area is 206 Å². The van der Waals surface area contributed by atoms with Crippen molar-refractivity contribution in [3.63, 3.8) is 0 Å². The van der Waals surface area contributed by atoms with Crippen LogP contribution in [0.25, 0.3) is 0 Å². The number of amides is 1. The molecule has 0 aliphatic rings. The Bertz CT molecular complexity index is 1120. The number of β-amino-alcohol motifs (C(OH)–C–C–N with tert-alkyl or cyclic N) is 1. The van der Waals surface area contributed by atoms with Crippen LogP contribution in [0, 0.1) is 0 Å². The zero-order chi connectivity index (χ0) is 25.4. The highest BCUT2D eigenvalue weighted by Gasteiger charge is 2.19. The molecular formula is C27H34N4O4. The van der Waals surface area contributed by atoms with E-state index >= 15 is 0 Å². The van der Waals surface area contributed by atoms with Gasteiger partial charge in [-0.1, -0.05) is 18.2 Å². The largest absolute Gasteiger partial charge is 0.489 e. The molecule has 35 heavy (non-hydrogen) atoms. The lowest BCUT2D eigenvalue weighted by atomic mass is 9.95. The molecule has 0 heterocycles. The summed E-state index contributed by atoms with van der Waals surface area (Å²) < 4.78 is 11.4. The van der Waals surface area contributed by atoms with Crippen LogP contribution in [0.15, 0.2) is 66.7 Å². The van der Waals surface area contributed by atoms with Gasteiger partial charge in [-0.3, -0.25) is 4.79 Å². The van der Waals surface area contributed by atoms with Crippen LogP contribution < -0.4 is 32.0 Å². The van der Waals surface area contributed by atoms with Gasteiger partial charge >= 0.3 is 0 Å². The number of primary amides is 1. The van der Waals surface area contributed by atoms with E-state index in [1.165, 1.54) is 5.56 Å². The van der Waals surface area contributed by atoms with Crippen molar-refractivity contribution in [2.24, 2.45) is 5.73 Å². The second-order valence-corrected chi connectivity index (χ2v) is 9.12. The number of carbonyl (C=O) groups is 1. The summed E-state index contributed by atoms with van der Waals surface area (Å²) >= 11 is 0. The molecule has 0 saturated heterocycles. The fourth-order valence-electron chi connectivity index (χ4n) is 3.42. The lowest BCUT2D eigenvalue weighted by Gasteiger charge is -2.28. The number of aliphatic hydroxyl groups is 1. The van der Waals surface area contributed by atoms with E-state index in [1.54, 1.807) is 42.5 Å². The molecule has 8 nitrogen and oxygen atoms in total. The van der Waals surface area contributed by atoms with E-state index < -0.39 is 12.0 Å². The van der Waals surface area contributed by atoms with Gasteiger partial charge in [-0.05, 0) is 80.8 Å². The number of anilines is 2. The van der Waals surface area contributed by atoms with Crippen molar-refractivity contribution in [2.45, 2.75) is 38.3 Å². The number of benzene rings is 3. The summed E-state index contributed by atoms with van der Waals surface area (Å²) in [6.45, 7) is 4.70. The first-order valence-electron chi connectivity index (χ1n) is 11.5. The topological polar surface area (TPSA) is 146 Å². The van der Waals surface area contributed by atoms with Crippen LogP contribution >= 0.6 is 0 Å². The van der Waals surface area contributed by atoms with E-state index in [-0.39, 0.29) is 12.1 Å². The predicted molar refractivity (Wildman–Crippen MR) is 139 cm³/mol. The van der Waals surface area contributed by atoms with E-state index in [0.717, 1.165) is 12.8 Å². The molecular weight excluding hydrogens is 444 g/mol. The Kier molecular flexibility index (Phi) is 8.57. The lowest BCUT2D eigenvalue weighted by Crippen LogP contribution is -2.45. The number of nitrogens with two attached hydrogens (primary N) is 3. The average molecular weight is 479 g/mol. The summed E-state index contributed by atoms with van der Waals surface area (Å²) in [5, 5.41) is 13.7. The fourth-order valence-corrected chi connectivity index (χ4v) is 3.42. The van der Waals surface area contributed by atoms with Crippen LogP contribution in [-0.4, -0.2) is 35.8 Å². The van der Waals surface area contributed by atoms with E-state index in [9.17, 15) is 9.90 Å². The summed E-state index contributed by atoms with van der Waals surface area (Å²) in [6, 6.07) is 19.8. The molecule has 3 rings (SSSR count). The normalized spacial score (nSPS) is 12.2. The molecule has 0 radical (unpaired) electrons. The fraction of sp³-hybridized carbons (Fsp3) is 0.296. The minimum atomic E-state index is -0.691. The Balaban J connectivity index is 1.42. The molecule has 0 aliphatic carbocycles. The Morgan fingerprint density at radius 1 is 1.00 bits per heavy atom. The Morgan fingerprint density at radius 3 is 2.26 bits per heavy atom. The van der Waals surface area contributed by atoms with E-state index in [4.69, 9.17) is 26.7 Å². The number of nitrogen functional groups attached to an aromatic ring is 2. The number of ether oxygens (including phenoxy) is 2. The number of aryl methyl sites for hydroxylation is 1. The maximum Gasteiger partial charge on any atom is 0.248 e. The zero-order valence-corrected chi connectivity index (χ0v) is 20.2. The van der Waals surface area contributed by atoms with Gasteiger partial charge in [-0.15, -0.1) is 0 Å². The monoisotopic (exact) mass is 478 g/mol. The summed E-state index contributed by atoms with van der Waals surface area (Å²) in [4.78, 5) is 11.2. The number of carbonyl (C=O) groups excluding carboxylic acids is 1. The maximum atomic E-state index is 11.2. The highest BCUT2D eigenvalue weighted by molar-refractivity contribution is 5.92. The van der Waals surface area contributed by atoms with Crippen molar-refractivity contribution in [3.8, 4) is 17.2 Å². The summed E-state index contributed by atoms with van der Waals surface area (Å²) in [5.41, 5.74) is 19.2. The molecule has 0 unspecified atom stereocenters. The number of rotatable bonds is 12. The molecule has 3 aromatic rings. The number of nitrogens with one attached hydrogen (secondary N) is 1. The molecule has 0 saturated carbocycles. The van der Waals surface area contributed by atoms with Crippen LogP contribution in [0.2, 0.25) is 0 Å². The second-order valence-electron chi connectivity index (χ2n) is 9.12. The predicted octanol–water partition coefficient (Wildman–Crippen LogP) is 3.48. The molecule has 8 N–H and O–H groups in total. The zero-order valence-electron chi connectivity index (χ0n) is 20.2. The Morgan fingerprint density at radius 2 is 1.63 bits per heavy atom. The molecule has 186 valence electrons. The molecule has 8 heteroatoms. The third-order valence-electron chi connectivity index (χ3n) is 5.68. The summed E-state index contributed by atoms with van der Waals surface area (Å²) in [6.07, 6.45) is 1.04. The Hall–Kier alpha value is -3.75. The molecule has 1 atom stereocenters. The van der Waals surface area contributed by atoms with Crippen molar-refractivity contribution in [3.05, 3.63) is 77.9 Å². The number of aliphatic hydroxyl groups excluding tert-OH is 1. The number of para-hydroxylation sites is 1. The van der Waals surface area contributed by atoms with Crippen molar-refractivity contribution in [1.82, 2.24) is 5.32 Å². The third-order valence-corrected chi connectivity index (χ3v) is 5.68. The average Bonchev–Trinajstić information content (AvgIpc) is 2.84. The number of hydrogen-bond donors (Lipinski definition) is 5. The van der Waals surface area contributed by atoms with Crippen LogP contribution in [0.3, 0.4) is 0 Å². The van der Waals surface area contributed by atoms with Gasteiger partial charge < -0.3 is 37.1 Å². The lowest BCUT2D eigenvalue weighted by molar-refractivity contribution is 0.0985. The van der Waals surface area contributed by atoms with Crippen LogP contribution in [0.1, 0.15) is 36.2 Å². The van der Waals surface area contributed by atoms with Gasteiger partial charge in [0.25, 0.3) is 0 Å². The molecule has 0 spiro atoms. The number of hydrogen-bond acceptors (Lipinski definition) is 7. The first-order valence-corrected chi connectivity index (χ1v) is 11.5. The summed E-state index contributed by atoms with van der Waals surface area (Å²) in [5.74, 6) is 1.35. The van der Waals surface area contributed by atoms with Crippen molar-refractivity contribution >= 4 is 17.3 Å². The van der Waals surface area contributed by atoms with Crippen molar-refractivity contribution < 1.29 is 19.4 Å². The first-order chi connectivity index (χ1) is 16.6. The van der Waals surface area contributed by atoms with E-state index in [2.05, 4.69) is 19.2 Å². The third kappa shape index (κ3) is 7.91. The quantitative estimate of drug-likeness (QED) is 0.250. The van der Waals surface area contributed by atoms with Crippen LogP contribution in [-0.2, 0) is 6.42 Å². The first kappa shape index (κ1) is 25.9. The highest BCUT2D eigenvalue weighted by Crippen LogP contribution is 2.27. The SMILES string of the molecule is CC(C)(CCc1ccc(Oc2ccc(C(N)=O)cc2)cc1)NC[C@H](O)COc1cccc(N)c1N. The van der Waals surface area contributed by atoms with Gasteiger partial charge in [0.15, 0.2) is 0 Å². The van der Waals surface area contributed by atoms with Gasteiger partial charge in [-0.2, -0.15) is 0 Å². The van der Waals surface area contributed by atoms with Gasteiger partial charge in [0, 0.05) is 17.6 Å². The molecule has 0 bridgehead atoms. The maximum absolute atomic E-state index is 11.2. The highest BCUT2D eigenvalue weighted by atomic mass is 16.5. The second kappa shape index (κ2) is 11.6. The molecule has 3 aromatic carbocycles.